The molecule has 100 valence electrons. The first kappa shape index (κ1) is 13.8. The number of hydrogen-bond donors (Lipinski definition) is 2. The van der Waals surface area contributed by atoms with Crippen LogP contribution in [0.5, 0.6) is 0 Å². The molecule has 0 radical (unpaired) electrons. The molecule has 0 aliphatic heterocycles. The van der Waals surface area contributed by atoms with Crippen LogP contribution in [0.4, 0.5) is 0 Å². The molecule has 0 saturated heterocycles. The number of nitrogens with zero attached hydrogens (tertiary/aromatic N) is 1. The van der Waals surface area contributed by atoms with Crippen LogP contribution >= 0.6 is 11.8 Å². The van der Waals surface area contributed by atoms with Gasteiger partial charge in [-0.2, -0.15) is 4.57 Å². The molecular weight excluding hydrogens is 260 g/mol. The summed E-state index contributed by atoms with van der Waals surface area (Å²) in [7, 11) is 2.02. The van der Waals surface area contributed by atoms with Crippen LogP contribution in [0.15, 0.2) is 41.4 Å². The molecule has 0 aliphatic rings. The van der Waals surface area contributed by atoms with Crippen LogP contribution < -0.4 is 10.3 Å². The Morgan fingerprint density at radius 3 is 2.84 bits per heavy atom. The largest absolute Gasteiger partial charge is 0.480 e. The standard InChI is InChI=1S/C14H16N2O2S/c1-16-12-5-3-2-4-10(12)6-7-13(16)19-9-8-11(15)14(17)18/h2-7,11H,8-9,15H2,1H3/p+1/t11-/m0/s1. The molecule has 1 aromatic carbocycles. The predicted octanol–water partition coefficient (Wildman–Crippen LogP) is 1.56. The molecule has 2 rings (SSSR count). The van der Waals surface area contributed by atoms with Crippen molar-refractivity contribution in [1.82, 2.24) is 0 Å². The van der Waals surface area contributed by atoms with Gasteiger partial charge in [-0.3, -0.25) is 4.79 Å². The minimum Gasteiger partial charge on any atom is -0.480 e. The van der Waals surface area contributed by atoms with Crippen molar-refractivity contribution in [1.29, 1.82) is 0 Å². The fourth-order valence-corrected chi connectivity index (χ4v) is 2.92. The molecule has 1 heterocycles. The summed E-state index contributed by atoms with van der Waals surface area (Å²) in [4.78, 5) is 10.6. The summed E-state index contributed by atoms with van der Waals surface area (Å²) in [6.07, 6.45) is 0.465. The van der Waals surface area contributed by atoms with Gasteiger partial charge in [0.25, 0.3) is 0 Å². The van der Waals surface area contributed by atoms with Crippen LogP contribution in [0.1, 0.15) is 6.42 Å². The summed E-state index contributed by atoms with van der Waals surface area (Å²) in [6, 6.07) is 11.5. The fraction of sp³-hybridized carbons (Fsp3) is 0.286. The van der Waals surface area contributed by atoms with E-state index in [1.807, 2.05) is 19.2 Å². The van der Waals surface area contributed by atoms with Crippen molar-refractivity contribution >= 4 is 28.6 Å². The lowest BCUT2D eigenvalue weighted by Gasteiger charge is -2.05. The van der Waals surface area contributed by atoms with Gasteiger partial charge in [0.1, 0.15) is 13.1 Å². The molecule has 4 nitrogen and oxygen atoms in total. The second-order valence-electron chi connectivity index (χ2n) is 4.37. The molecule has 0 bridgehead atoms. The molecule has 0 spiro atoms. The van der Waals surface area contributed by atoms with E-state index in [1.54, 1.807) is 11.8 Å². The fourth-order valence-electron chi connectivity index (χ4n) is 1.88. The van der Waals surface area contributed by atoms with Gasteiger partial charge in [0.15, 0.2) is 0 Å². The van der Waals surface area contributed by atoms with E-state index < -0.39 is 12.0 Å². The summed E-state index contributed by atoms with van der Waals surface area (Å²) >= 11 is 1.63. The zero-order valence-electron chi connectivity index (χ0n) is 10.7. The van der Waals surface area contributed by atoms with Gasteiger partial charge in [-0.1, -0.05) is 23.9 Å². The molecule has 3 N–H and O–H groups in total. The maximum Gasteiger partial charge on any atom is 0.320 e. The summed E-state index contributed by atoms with van der Waals surface area (Å²) in [5.41, 5.74) is 6.65. The zero-order valence-corrected chi connectivity index (χ0v) is 11.6. The molecule has 0 unspecified atom stereocenters. The number of benzene rings is 1. The van der Waals surface area contributed by atoms with Crippen molar-refractivity contribution in [2.24, 2.45) is 12.8 Å². The normalized spacial score (nSPS) is 12.5. The third-order valence-electron chi connectivity index (χ3n) is 3.03. The number of thioether (sulfide) groups is 1. The molecule has 0 saturated carbocycles. The second kappa shape index (κ2) is 6.04. The van der Waals surface area contributed by atoms with Gasteiger partial charge in [0.2, 0.25) is 10.5 Å². The molecule has 19 heavy (non-hydrogen) atoms. The second-order valence-corrected chi connectivity index (χ2v) is 5.49. The number of pyridine rings is 1. The van der Waals surface area contributed by atoms with Crippen LogP contribution in [0.3, 0.4) is 0 Å². The topological polar surface area (TPSA) is 67.2 Å². The molecule has 5 heteroatoms. The van der Waals surface area contributed by atoms with Gasteiger partial charge >= 0.3 is 5.97 Å². The Balaban J connectivity index is 2.09. The number of aromatic nitrogens is 1. The number of carbonyl (C=O) groups is 1. The number of rotatable bonds is 5. The van der Waals surface area contributed by atoms with Gasteiger partial charge in [0, 0.05) is 23.3 Å². The zero-order chi connectivity index (χ0) is 13.8. The number of aryl methyl sites for hydroxylation is 1. The van der Waals surface area contributed by atoms with Crippen molar-refractivity contribution in [2.75, 3.05) is 5.75 Å². The van der Waals surface area contributed by atoms with E-state index in [4.69, 9.17) is 10.8 Å². The quantitative estimate of drug-likeness (QED) is 0.643. The van der Waals surface area contributed by atoms with E-state index in [0.29, 0.717) is 12.2 Å². The lowest BCUT2D eigenvalue weighted by Crippen LogP contribution is -2.33. The van der Waals surface area contributed by atoms with E-state index in [1.165, 1.54) is 5.39 Å². The van der Waals surface area contributed by atoms with Crippen molar-refractivity contribution < 1.29 is 14.5 Å². The van der Waals surface area contributed by atoms with Gasteiger partial charge in [-0.05, 0) is 18.6 Å². The first-order valence-electron chi connectivity index (χ1n) is 6.08. The number of hydrogen-bond acceptors (Lipinski definition) is 3. The van der Waals surface area contributed by atoms with Crippen molar-refractivity contribution in [3.63, 3.8) is 0 Å². The summed E-state index contributed by atoms with van der Waals surface area (Å²) in [5.74, 6) is -0.247. The Bertz CT molecular complexity index is 601. The monoisotopic (exact) mass is 277 g/mol. The lowest BCUT2D eigenvalue weighted by molar-refractivity contribution is -0.683. The Kier molecular flexibility index (Phi) is 4.39. The smallest absolute Gasteiger partial charge is 0.320 e. The number of para-hydroxylation sites is 1. The number of fused-ring (bicyclic) bond motifs is 1. The lowest BCUT2D eigenvalue weighted by atomic mass is 10.2. The minimum atomic E-state index is -0.941. The van der Waals surface area contributed by atoms with Gasteiger partial charge < -0.3 is 10.8 Å². The van der Waals surface area contributed by atoms with E-state index in [-0.39, 0.29) is 0 Å². The highest BCUT2D eigenvalue weighted by Gasteiger charge is 2.14. The Morgan fingerprint density at radius 2 is 2.11 bits per heavy atom. The summed E-state index contributed by atoms with van der Waals surface area (Å²) in [6.45, 7) is 0. The number of carboxylic acid groups (broad SMARTS) is 1. The Hall–Kier alpha value is -1.59. The molecule has 1 aromatic heterocycles. The van der Waals surface area contributed by atoms with Crippen LogP contribution in [0, 0.1) is 0 Å². The summed E-state index contributed by atoms with van der Waals surface area (Å²) in [5, 5.41) is 11.0. The third-order valence-corrected chi connectivity index (χ3v) is 4.18. The molecule has 0 amide bonds. The van der Waals surface area contributed by atoms with Crippen LogP contribution in [-0.4, -0.2) is 22.9 Å². The molecular formula is C14H17N2O2S+. The van der Waals surface area contributed by atoms with E-state index in [9.17, 15) is 4.79 Å². The predicted molar refractivity (Wildman–Crippen MR) is 76.1 cm³/mol. The molecule has 2 aromatic rings. The highest BCUT2D eigenvalue weighted by molar-refractivity contribution is 7.99. The van der Waals surface area contributed by atoms with Gasteiger partial charge in [-0.25, -0.2) is 0 Å². The Labute approximate surface area is 116 Å². The van der Waals surface area contributed by atoms with E-state index in [2.05, 4.69) is 28.8 Å². The average Bonchev–Trinajstić information content (AvgIpc) is 2.41. The minimum absolute atomic E-state index is 0.465. The van der Waals surface area contributed by atoms with Crippen molar-refractivity contribution in [3.8, 4) is 0 Å². The maximum absolute atomic E-state index is 10.6. The number of carboxylic acids is 1. The first-order chi connectivity index (χ1) is 9.09. The number of aliphatic carboxylic acids is 1. The first-order valence-corrected chi connectivity index (χ1v) is 7.07. The molecule has 0 fully saturated rings. The van der Waals surface area contributed by atoms with Crippen molar-refractivity contribution in [2.45, 2.75) is 17.5 Å². The van der Waals surface area contributed by atoms with Crippen LogP contribution in [-0.2, 0) is 11.8 Å². The highest BCUT2D eigenvalue weighted by atomic mass is 32.2. The van der Waals surface area contributed by atoms with Gasteiger partial charge in [-0.15, -0.1) is 0 Å². The van der Waals surface area contributed by atoms with Gasteiger partial charge in [0.05, 0.1) is 0 Å². The van der Waals surface area contributed by atoms with Crippen LogP contribution in [0.2, 0.25) is 0 Å². The average molecular weight is 277 g/mol. The van der Waals surface area contributed by atoms with Crippen molar-refractivity contribution in [3.05, 3.63) is 36.4 Å². The van der Waals surface area contributed by atoms with E-state index in [0.717, 1.165) is 10.5 Å². The maximum atomic E-state index is 10.6. The SMILES string of the molecule is C[n+]1c(SCC[C@H](N)C(=O)O)ccc2ccccc21. The summed E-state index contributed by atoms with van der Waals surface area (Å²) < 4.78 is 2.12. The Morgan fingerprint density at radius 1 is 1.37 bits per heavy atom. The number of nitrogens with two attached hydrogens (primary N) is 1. The van der Waals surface area contributed by atoms with E-state index >= 15 is 0 Å². The highest BCUT2D eigenvalue weighted by Crippen LogP contribution is 2.18. The third kappa shape index (κ3) is 3.24. The molecule has 0 aliphatic carbocycles. The molecule has 1 atom stereocenters. The van der Waals surface area contributed by atoms with Crippen LogP contribution in [0.25, 0.3) is 10.9 Å².